The Morgan fingerprint density at radius 2 is 1.62 bits per heavy atom. The molecule has 1 aromatic rings. The fraction of sp³-hybridized carbons (Fsp3) is 0.619. The maximum absolute atomic E-state index is 13.0. The van der Waals surface area contributed by atoms with Crippen molar-refractivity contribution in [1.29, 1.82) is 0 Å². The second kappa shape index (κ2) is 8.69. The zero-order valence-corrected chi connectivity index (χ0v) is 17.2. The lowest BCUT2D eigenvalue weighted by Crippen LogP contribution is -2.55. The molecule has 0 radical (unpaired) electrons. The third kappa shape index (κ3) is 4.55. The van der Waals surface area contributed by atoms with Crippen LogP contribution in [-0.4, -0.2) is 103 Å². The first kappa shape index (κ1) is 20.1. The van der Waals surface area contributed by atoms with Crippen LogP contribution in [0.5, 0.6) is 5.75 Å². The third-order valence-electron chi connectivity index (χ3n) is 6.31. The molecule has 1 N–H and O–H groups in total. The highest BCUT2D eigenvalue weighted by atomic mass is 16.5. The summed E-state index contributed by atoms with van der Waals surface area (Å²) < 4.78 is 5.78. The smallest absolute Gasteiger partial charge is 0.326 e. The van der Waals surface area contributed by atoms with Gasteiger partial charge in [-0.25, -0.2) is 9.69 Å². The minimum atomic E-state index is -0.680. The summed E-state index contributed by atoms with van der Waals surface area (Å²) in [6.07, 6.45) is 1.39. The van der Waals surface area contributed by atoms with Gasteiger partial charge in [0.2, 0.25) is 0 Å². The fourth-order valence-electron chi connectivity index (χ4n) is 4.31. The van der Waals surface area contributed by atoms with Gasteiger partial charge in [-0.1, -0.05) is 18.2 Å². The molecule has 0 saturated carbocycles. The highest BCUT2D eigenvalue weighted by Crippen LogP contribution is 2.29. The van der Waals surface area contributed by atoms with E-state index in [0.29, 0.717) is 26.1 Å². The Balaban J connectivity index is 1.21. The van der Waals surface area contributed by atoms with Crippen molar-refractivity contribution in [2.75, 3.05) is 66.1 Å². The maximum atomic E-state index is 13.0. The van der Waals surface area contributed by atoms with E-state index < -0.39 is 5.54 Å². The Morgan fingerprint density at radius 1 is 0.966 bits per heavy atom. The highest BCUT2D eigenvalue weighted by Gasteiger charge is 2.52. The number of para-hydroxylation sites is 1. The average Bonchev–Trinajstić information content (AvgIpc) is 2.96. The normalized spacial score (nSPS) is 23.6. The minimum absolute atomic E-state index is 0.0470. The van der Waals surface area contributed by atoms with Crippen LogP contribution in [0.25, 0.3) is 0 Å². The van der Waals surface area contributed by atoms with Gasteiger partial charge in [-0.05, 0) is 32.0 Å². The molecule has 3 aliphatic rings. The SMILES string of the molecule is CN1CCC2(CC1)NC(=O)N(CN1CCN(CCOc3ccccc3)CC1)C2=O. The lowest BCUT2D eigenvalue weighted by atomic mass is 9.88. The second-order valence-electron chi connectivity index (χ2n) is 8.31. The summed E-state index contributed by atoms with van der Waals surface area (Å²) in [4.78, 5) is 33.6. The van der Waals surface area contributed by atoms with Crippen LogP contribution >= 0.6 is 0 Å². The molecule has 4 rings (SSSR count). The number of nitrogens with zero attached hydrogens (tertiary/aromatic N) is 4. The van der Waals surface area contributed by atoms with Gasteiger partial charge in [0.15, 0.2) is 0 Å². The molecule has 3 amide bonds. The van der Waals surface area contributed by atoms with Crippen molar-refractivity contribution in [3.63, 3.8) is 0 Å². The van der Waals surface area contributed by atoms with Crippen LogP contribution in [0, 0.1) is 0 Å². The summed E-state index contributed by atoms with van der Waals surface area (Å²) in [7, 11) is 2.05. The number of hydrogen-bond donors (Lipinski definition) is 1. The van der Waals surface area contributed by atoms with Crippen LogP contribution in [0.4, 0.5) is 4.79 Å². The van der Waals surface area contributed by atoms with Crippen molar-refractivity contribution >= 4 is 11.9 Å². The number of benzene rings is 1. The van der Waals surface area contributed by atoms with E-state index in [1.165, 1.54) is 4.90 Å². The van der Waals surface area contributed by atoms with Crippen LogP contribution in [0.1, 0.15) is 12.8 Å². The molecule has 8 nitrogen and oxygen atoms in total. The number of urea groups is 1. The van der Waals surface area contributed by atoms with E-state index in [2.05, 4.69) is 27.1 Å². The zero-order valence-electron chi connectivity index (χ0n) is 17.2. The predicted molar refractivity (Wildman–Crippen MR) is 110 cm³/mol. The van der Waals surface area contributed by atoms with Gasteiger partial charge in [-0.3, -0.25) is 14.6 Å². The fourth-order valence-corrected chi connectivity index (χ4v) is 4.31. The number of ether oxygens (including phenoxy) is 1. The van der Waals surface area contributed by atoms with Gasteiger partial charge in [0.25, 0.3) is 5.91 Å². The van der Waals surface area contributed by atoms with Gasteiger partial charge in [0, 0.05) is 45.8 Å². The topological polar surface area (TPSA) is 68.4 Å². The van der Waals surface area contributed by atoms with Crippen LogP contribution in [0.3, 0.4) is 0 Å². The summed E-state index contributed by atoms with van der Waals surface area (Å²) in [5.41, 5.74) is -0.680. The number of rotatable bonds is 6. The van der Waals surface area contributed by atoms with Crippen molar-refractivity contribution in [2.24, 2.45) is 0 Å². The molecule has 3 heterocycles. The van der Waals surface area contributed by atoms with Crippen LogP contribution in [-0.2, 0) is 4.79 Å². The molecule has 0 unspecified atom stereocenters. The molecule has 29 heavy (non-hydrogen) atoms. The predicted octanol–water partition coefficient (Wildman–Crippen LogP) is 0.657. The Morgan fingerprint density at radius 3 is 2.31 bits per heavy atom. The van der Waals surface area contributed by atoms with Crippen molar-refractivity contribution in [3.8, 4) is 5.75 Å². The Kier molecular flexibility index (Phi) is 6.03. The summed E-state index contributed by atoms with van der Waals surface area (Å²) in [5, 5.41) is 2.99. The number of piperazine rings is 1. The minimum Gasteiger partial charge on any atom is -0.492 e. The standard InChI is InChI=1S/C21H31N5O3/c1-23-9-7-21(8-10-23)19(27)26(20(28)22-21)17-25-13-11-24(12-14-25)15-16-29-18-5-3-2-4-6-18/h2-6H,7-17H2,1H3,(H,22,28). The molecular formula is C21H31N5O3. The Labute approximate surface area is 172 Å². The maximum Gasteiger partial charge on any atom is 0.326 e. The largest absolute Gasteiger partial charge is 0.492 e. The van der Waals surface area contributed by atoms with Gasteiger partial charge < -0.3 is 15.0 Å². The number of nitrogens with one attached hydrogen (secondary N) is 1. The van der Waals surface area contributed by atoms with E-state index in [4.69, 9.17) is 4.74 Å². The summed E-state index contributed by atoms with van der Waals surface area (Å²) in [6.45, 7) is 7.12. The molecule has 0 atom stereocenters. The van der Waals surface area contributed by atoms with Gasteiger partial charge in [0.05, 0.1) is 6.67 Å². The van der Waals surface area contributed by atoms with E-state index in [9.17, 15) is 9.59 Å². The van der Waals surface area contributed by atoms with Crippen LogP contribution < -0.4 is 10.1 Å². The zero-order chi connectivity index (χ0) is 20.3. The van der Waals surface area contributed by atoms with Gasteiger partial charge in [0.1, 0.15) is 17.9 Å². The summed E-state index contributed by atoms with van der Waals surface area (Å²) in [6, 6.07) is 9.61. The first-order chi connectivity index (χ1) is 14.1. The van der Waals surface area contributed by atoms with Crippen molar-refractivity contribution in [3.05, 3.63) is 30.3 Å². The van der Waals surface area contributed by atoms with E-state index in [-0.39, 0.29) is 11.9 Å². The quantitative estimate of drug-likeness (QED) is 0.707. The molecular weight excluding hydrogens is 370 g/mol. The first-order valence-electron chi connectivity index (χ1n) is 10.5. The molecule has 0 aromatic heterocycles. The number of imide groups is 1. The molecule has 8 heteroatoms. The lowest BCUT2D eigenvalue weighted by Gasteiger charge is -2.37. The van der Waals surface area contributed by atoms with Crippen LogP contribution in [0.15, 0.2) is 30.3 Å². The monoisotopic (exact) mass is 401 g/mol. The molecule has 1 spiro atoms. The van der Waals surface area contributed by atoms with E-state index in [1.807, 2.05) is 30.3 Å². The first-order valence-corrected chi connectivity index (χ1v) is 10.5. The molecule has 3 fully saturated rings. The number of carbonyl (C=O) groups excluding carboxylic acids is 2. The second-order valence-corrected chi connectivity index (χ2v) is 8.31. The number of amides is 3. The Hall–Kier alpha value is -2.16. The van der Waals surface area contributed by atoms with Crippen molar-refractivity contribution < 1.29 is 14.3 Å². The number of piperidine rings is 1. The van der Waals surface area contributed by atoms with E-state index >= 15 is 0 Å². The van der Waals surface area contributed by atoms with Crippen LogP contribution in [0.2, 0.25) is 0 Å². The lowest BCUT2D eigenvalue weighted by molar-refractivity contribution is -0.134. The molecule has 1 aromatic carbocycles. The third-order valence-corrected chi connectivity index (χ3v) is 6.31. The molecule has 3 saturated heterocycles. The van der Waals surface area contributed by atoms with E-state index in [1.54, 1.807) is 0 Å². The number of likely N-dealkylation sites (tertiary alicyclic amines) is 1. The Bertz CT molecular complexity index is 712. The van der Waals surface area contributed by atoms with Gasteiger partial charge in [-0.2, -0.15) is 0 Å². The van der Waals surface area contributed by atoms with E-state index in [0.717, 1.165) is 51.6 Å². The molecule has 3 aliphatic heterocycles. The average molecular weight is 402 g/mol. The summed E-state index contributed by atoms with van der Waals surface area (Å²) >= 11 is 0. The molecule has 0 bridgehead atoms. The van der Waals surface area contributed by atoms with Gasteiger partial charge >= 0.3 is 6.03 Å². The van der Waals surface area contributed by atoms with Crippen molar-refractivity contribution in [1.82, 2.24) is 24.9 Å². The highest BCUT2D eigenvalue weighted by molar-refractivity contribution is 6.07. The molecule has 158 valence electrons. The number of hydrogen-bond acceptors (Lipinski definition) is 6. The summed E-state index contributed by atoms with van der Waals surface area (Å²) in [5.74, 6) is 0.849. The van der Waals surface area contributed by atoms with Crippen molar-refractivity contribution in [2.45, 2.75) is 18.4 Å². The molecule has 0 aliphatic carbocycles. The number of carbonyl (C=O) groups is 2. The van der Waals surface area contributed by atoms with Gasteiger partial charge in [-0.15, -0.1) is 0 Å².